The van der Waals surface area contributed by atoms with Crippen LogP contribution < -0.4 is 0 Å². The van der Waals surface area contributed by atoms with Crippen molar-refractivity contribution in [3.8, 4) is 5.82 Å². The van der Waals surface area contributed by atoms with Crippen LogP contribution in [0.3, 0.4) is 0 Å². The first-order chi connectivity index (χ1) is 7.48. The molecule has 0 aliphatic carbocycles. The highest BCUT2D eigenvalue weighted by Gasteiger charge is 2.13. The largest absolute Gasteiger partial charge is 0.288 e. The van der Waals surface area contributed by atoms with Crippen LogP contribution in [0.4, 0.5) is 0 Å². The second kappa shape index (κ2) is 3.74. The Morgan fingerprint density at radius 2 is 1.88 bits per heavy atom. The molecule has 0 unspecified atom stereocenters. The van der Waals surface area contributed by atoms with Gasteiger partial charge in [-0.05, 0) is 24.0 Å². The Labute approximate surface area is 96.2 Å². The summed E-state index contributed by atoms with van der Waals surface area (Å²) in [6, 6.07) is 4.16. The summed E-state index contributed by atoms with van der Waals surface area (Å²) in [6.07, 6.45) is 5.65. The summed E-state index contributed by atoms with van der Waals surface area (Å²) in [7, 11) is 0. The number of aryl methyl sites for hydroxylation is 1. The van der Waals surface area contributed by atoms with Crippen molar-refractivity contribution in [3.63, 3.8) is 0 Å². The predicted octanol–water partition coefficient (Wildman–Crippen LogP) is 2.87. The van der Waals surface area contributed by atoms with E-state index in [1.165, 1.54) is 5.56 Å². The van der Waals surface area contributed by atoms with Crippen LogP contribution in [0, 0.1) is 6.92 Å². The van der Waals surface area contributed by atoms with E-state index in [1.807, 2.05) is 30.0 Å². The average Bonchev–Trinajstić information content (AvgIpc) is 2.63. The van der Waals surface area contributed by atoms with Crippen LogP contribution in [0.2, 0.25) is 0 Å². The zero-order valence-electron chi connectivity index (χ0n) is 10.2. The molecule has 0 N–H and O–H groups in total. The highest BCUT2D eigenvalue weighted by Crippen LogP contribution is 2.21. The first-order valence-corrected chi connectivity index (χ1v) is 5.45. The summed E-state index contributed by atoms with van der Waals surface area (Å²) in [5.41, 5.74) is 1.39. The minimum Gasteiger partial charge on any atom is -0.288 e. The Morgan fingerprint density at radius 1 is 1.12 bits per heavy atom. The molecule has 2 aromatic heterocycles. The van der Waals surface area contributed by atoms with Gasteiger partial charge in [-0.25, -0.2) is 9.97 Å². The fraction of sp³-hybridized carbons (Fsp3) is 0.385. The van der Waals surface area contributed by atoms with Crippen LogP contribution in [0.15, 0.2) is 30.7 Å². The Kier molecular flexibility index (Phi) is 2.54. The van der Waals surface area contributed by atoms with Gasteiger partial charge in [0.15, 0.2) is 0 Å². The summed E-state index contributed by atoms with van der Waals surface area (Å²) in [5, 5.41) is 0. The molecule has 0 bridgehead atoms. The summed E-state index contributed by atoms with van der Waals surface area (Å²) >= 11 is 0. The van der Waals surface area contributed by atoms with Gasteiger partial charge < -0.3 is 0 Å². The molecule has 0 radical (unpaired) electrons. The molecule has 3 heteroatoms. The van der Waals surface area contributed by atoms with Crippen LogP contribution in [0.25, 0.3) is 5.82 Å². The van der Waals surface area contributed by atoms with Crippen LogP contribution in [0.1, 0.15) is 32.2 Å². The normalized spacial score (nSPS) is 11.8. The fourth-order valence-electron chi connectivity index (χ4n) is 1.59. The first-order valence-electron chi connectivity index (χ1n) is 5.45. The number of nitrogens with zero attached hydrogens (tertiary/aromatic N) is 3. The number of hydrogen-bond acceptors (Lipinski definition) is 2. The zero-order chi connectivity index (χ0) is 11.8. The Bertz CT molecular complexity index is 475. The molecule has 0 aliphatic rings. The van der Waals surface area contributed by atoms with Gasteiger partial charge in [0.25, 0.3) is 0 Å². The number of hydrogen-bond donors (Lipinski definition) is 0. The van der Waals surface area contributed by atoms with E-state index >= 15 is 0 Å². The summed E-state index contributed by atoms with van der Waals surface area (Å²) in [6.45, 7) is 8.53. The highest BCUT2D eigenvalue weighted by atomic mass is 15.1. The lowest BCUT2D eigenvalue weighted by atomic mass is 9.88. The second-order valence-electron chi connectivity index (χ2n) is 5.00. The van der Waals surface area contributed by atoms with Gasteiger partial charge in [0, 0.05) is 18.6 Å². The molecular formula is C13H17N3. The van der Waals surface area contributed by atoms with Gasteiger partial charge >= 0.3 is 0 Å². The smallest absolute Gasteiger partial charge is 0.137 e. The predicted molar refractivity (Wildman–Crippen MR) is 64.8 cm³/mol. The third kappa shape index (κ3) is 1.98. The van der Waals surface area contributed by atoms with E-state index in [9.17, 15) is 0 Å². The molecule has 0 spiro atoms. The summed E-state index contributed by atoms with van der Waals surface area (Å²) in [5.74, 6) is 1.87. The standard InChI is InChI=1S/C13H17N3/c1-10-14-7-8-16(10)12-6-5-11(9-15-12)13(2,3)4/h5-9H,1-4H3. The Morgan fingerprint density at radius 3 is 2.31 bits per heavy atom. The van der Waals surface area contributed by atoms with Crippen molar-refractivity contribution in [2.24, 2.45) is 0 Å². The molecular weight excluding hydrogens is 198 g/mol. The summed E-state index contributed by atoms with van der Waals surface area (Å²) < 4.78 is 1.98. The quantitative estimate of drug-likeness (QED) is 0.732. The van der Waals surface area contributed by atoms with Gasteiger partial charge in [0.05, 0.1) is 0 Å². The molecule has 0 amide bonds. The van der Waals surface area contributed by atoms with E-state index in [0.717, 1.165) is 11.6 Å². The van der Waals surface area contributed by atoms with Gasteiger partial charge in [0.2, 0.25) is 0 Å². The van der Waals surface area contributed by atoms with E-state index in [-0.39, 0.29) is 5.41 Å². The fourth-order valence-corrected chi connectivity index (χ4v) is 1.59. The molecule has 0 saturated heterocycles. The van der Waals surface area contributed by atoms with Gasteiger partial charge in [-0.15, -0.1) is 0 Å². The van der Waals surface area contributed by atoms with Crippen molar-refractivity contribution in [1.82, 2.24) is 14.5 Å². The molecule has 0 aromatic carbocycles. The number of pyridine rings is 1. The van der Waals surface area contributed by atoms with Gasteiger partial charge in [-0.3, -0.25) is 4.57 Å². The van der Waals surface area contributed by atoms with Crippen molar-refractivity contribution in [2.45, 2.75) is 33.1 Å². The highest BCUT2D eigenvalue weighted by molar-refractivity contribution is 5.29. The average molecular weight is 215 g/mol. The van der Waals surface area contributed by atoms with Crippen molar-refractivity contribution >= 4 is 0 Å². The third-order valence-electron chi connectivity index (χ3n) is 2.69. The van der Waals surface area contributed by atoms with Gasteiger partial charge in [-0.2, -0.15) is 0 Å². The number of aromatic nitrogens is 3. The molecule has 0 aliphatic heterocycles. The van der Waals surface area contributed by atoms with Crippen LogP contribution in [0.5, 0.6) is 0 Å². The van der Waals surface area contributed by atoms with E-state index in [0.29, 0.717) is 0 Å². The molecule has 2 aromatic rings. The minimum absolute atomic E-state index is 0.148. The first kappa shape index (κ1) is 10.9. The van der Waals surface area contributed by atoms with Crippen molar-refractivity contribution in [3.05, 3.63) is 42.1 Å². The van der Waals surface area contributed by atoms with Crippen LogP contribution >= 0.6 is 0 Å². The van der Waals surface area contributed by atoms with Crippen molar-refractivity contribution < 1.29 is 0 Å². The van der Waals surface area contributed by atoms with Crippen LogP contribution in [-0.4, -0.2) is 14.5 Å². The van der Waals surface area contributed by atoms with E-state index in [2.05, 4.69) is 36.8 Å². The maximum Gasteiger partial charge on any atom is 0.137 e. The van der Waals surface area contributed by atoms with E-state index in [1.54, 1.807) is 6.20 Å². The Balaban J connectivity index is 2.37. The zero-order valence-corrected chi connectivity index (χ0v) is 10.2. The van der Waals surface area contributed by atoms with E-state index in [4.69, 9.17) is 0 Å². The lowest BCUT2D eigenvalue weighted by molar-refractivity contribution is 0.587. The molecule has 2 heterocycles. The number of imidazole rings is 1. The lowest BCUT2D eigenvalue weighted by Crippen LogP contribution is -2.12. The molecule has 2 rings (SSSR count). The SMILES string of the molecule is Cc1nccn1-c1ccc(C(C)(C)C)cn1. The molecule has 84 valence electrons. The van der Waals surface area contributed by atoms with Gasteiger partial charge in [0.1, 0.15) is 11.6 Å². The van der Waals surface area contributed by atoms with E-state index < -0.39 is 0 Å². The molecule has 3 nitrogen and oxygen atoms in total. The maximum absolute atomic E-state index is 4.47. The maximum atomic E-state index is 4.47. The van der Waals surface area contributed by atoms with Crippen molar-refractivity contribution in [2.75, 3.05) is 0 Å². The molecule has 16 heavy (non-hydrogen) atoms. The second-order valence-corrected chi connectivity index (χ2v) is 5.00. The Hall–Kier alpha value is -1.64. The van der Waals surface area contributed by atoms with Gasteiger partial charge in [-0.1, -0.05) is 26.8 Å². The summed E-state index contributed by atoms with van der Waals surface area (Å²) in [4.78, 5) is 8.66. The third-order valence-corrected chi connectivity index (χ3v) is 2.69. The molecule has 0 atom stereocenters. The topological polar surface area (TPSA) is 30.7 Å². The lowest BCUT2D eigenvalue weighted by Gasteiger charge is -2.18. The monoisotopic (exact) mass is 215 g/mol. The number of rotatable bonds is 1. The molecule has 0 fully saturated rings. The van der Waals surface area contributed by atoms with Crippen molar-refractivity contribution in [1.29, 1.82) is 0 Å². The minimum atomic E-state index is 0.148. The van der Waals surface area contributed by atoms with Crippen LogP contribution in [-0.2, 0) is 5.41 Å². The molecule has 0 saturated carbocycles.